The van der Waals surface area contributed by atoms with Gasteiger partial charge in [-0.05, 0) is 68.4 Å². The summed E-state index contributed by atoms with van der Waals surface area (Å²) in [5.41, 5.74) is -0.522. The molecule has 0 radical (unpaired) electrons. The van der Waals surface area contributed by atoms with Crippen molar-refractivity contribution in [2.75, 3.05) is 13.7 Å². The number of aromatic nitrogens is 2. The third kappa shape index (κ3) is 13.9. The zero-order valence-corrected chi connectivity index (χ0v) is 40.6. The van der Waals surface area contributed by atoms with E-state index in [0.29, 0.717) is 41.7 Å². The van der Waals surface area contributed by atoms with E-state index >= 15 is 0 Å². The van der Waals surface area contributed by atoms with Crippen LogP contribution in [0.5, 0.6) is 11.6 Å². The number of fused-ring (bicyclic) bond motifs is 5. The van der Waals surface area contributed by atoms with Crippen LogP contribution in [-0.4, -0.2) is 95.8 Å². The van der Waals surface area contributed by atoms with Gasteiger partial charge in [0, 0.05) is 23.7 Å². The van der Waals surface area contributed by atoms with E-state index in [-0.39, 0.29) is 159 Å². The first kappa shape index (κ1) is 62.3. The van der Waals surface area contributed by atoms with E-state index in [1.807, 2.05) is 12.1 Å². The maximum atomic E-state index is 14.6. The Morgan fingerprint density at radius 3 is 2.27 bits per heavy atom. The van der Waals surface area contributed by atoms with E-state index in [4.69, 9.17) is 24.2 Å². The van der Waals surface area contributed by atoms with Gasteiger partial charge in [-0.15, -0.1) is 6.58 Å². The minimum atomic E-state index is -4.03. The molecule has 3 heterocycles. The molecule has 3 aliphatic carbocycles. The average Bonchev–Trinajstić information content (AvgIpc) is 4.04. The number of carbonyl (C=O) groups excluding carboxylic acids is 4. The number of hydrogen-bond donors (Lipinski definition) is 2. The molecule has 2 aromatic rings. The Hall–Kier alpha value is -1.78. The molecule has 1 saturated heterocycles. The molecule has 7 rings (SSSR count). The van der Waals surface area contributed by atoms with Gasteiger partial charge >= 0.3 is 57.5 Å². The zero-order chi connectivity index (χ0) is 38.6. The number of benzene rings is 1. The van der Waals surface area contributed by atoms with Crippen LogP contribution in [0.15, 0.2) is 30.9 Å². The maximum Gasteiger partial charge on any atom is 1.00 e. The molecule has 3 saturated carbocycles. The molecule has 1 unspecified atom stereocenters. The van der Waals surface area contributed by atoms with Crippen LogP contribution >= 0.6 is 40.5 Å². The summed E-state index contributed by atoms with van der Waals surface area (Å²) in [4.78, 5) is 66.7. The van der Waals surface area contributed by atoms with E-state index in [0.717, 1.165) is 32.1 Å². The first-order valence-corrected chi connectivity index (χ1v) is 20.4. The Morgan fingerprint density at radius 1 is 1.00 bits per heavy atom. The molecule has 5 aliphatic rings. The second-order valence-corrected chi connectivity index (χ2v) is 18.3. The Labute approximate surface area is 433 Å². The largest absolute Gasteiger partial charge is 1.00 e. The Balaban J connectivity index is 0. The van der Waals surface area contributed by atoms with Gasteiger partial charge in [-0.25, -0.2) is 23.2 Å². The number of ether oxygens (including phenoxy) is 3. The van der Waals surface area contributed by atoms with Crippen molar-refractivity contribution in [1.82, 2.24) is 25.5 Å². The Kier molecular flexibility index (Phi) is 24.8. The summed E-state index contributed by atoms with van der Waals surface area (Å²) >= 11 is 0. The van der Waals surface area contributed by atoms with Crippen LogP contribution in [0.4, 0.5) is 4.79 Å². The molecule has 2 N–H and O–H groups in total. The van der Waals surface area contributed by atoms with E-state index in [2.05, 4.69) is 21.9 Å². The molecule has 1 aromatic carbocycles. The van der Waals surface area contributed by atoms with E-state index in [9.17, 15) is 27.6 Å². The average molecular weight is 971 g/mol. The number of nitrogens with one attached hydrogen (secondary N) is 2. The van der Waals surface area contributed by atoms with Crippen LogP contribution in [-0.2, 0) is 35.6 Å². The molecular weight excluding hydrogens is 900 g/mol. The van der Waals surface area contributed by atoms with Crippen LogP contribution in [0.3, 0.4) is 0 Å². The minimum Gasteiger partial charge on any atom is -0.544 e. The van der Waals surface area contributed by atoms with Crippen molar-refractivity contribution < 1.29 is 93.2 Å². The SMILES string of the molecule is C.C.C.C.C=C[C@@H]1C[C@]1(NC(=O)[C@@H]1CC2CN1C(=O)[C@H](C(C)(C)C)NC(=O)O[C@@H]1C[C@H]1CCCCCc1nc3ccc(OC)cc3nc1O2)C(=O)[N-]S(=O)(=O)C1CC1.S.S.S.[K+]. The van der Waals surface area contributed by atoms with Crippen molar-refractivity contribution in [3.8, 4) is 11.6 Å². The van der Waals surface area contributed by atoms with Crippen molar-refractivity contribution >= 4 is 85.4 Å². The minimum absolute atomic E-state index is 0. The number of carbonyl (C=O) groups is 4. The Bertz CT molecular complexity index is 1990. The molecular formula is C42H71KN6O9S4. The molecule has 348 valence electrons. The van der Waals surface area contributed by atoms with Crippen LogP contribution in [0, 0.1) is 17.3 Å². The summed E-state index contributed by atoms with van der Waals surface area (Å²) < 4.78 is 46.6. The molecule has 4 amide bonds. The summed E-state index contributed by atoms with van der Waals surface area (Å²) in [5.74, 6) is -1.59. The number of aryl methyl sites for hydroxylation is 1. The topological polar surface area (TPSA) is 197 Å². The van der Waals surface area contributed by atoms with Crippen molar-refractivity contribution in [1.29, 1.82) is 0 Å². The molecule has 2 aliphatic heterocycles. The van der Waals surface area contributed by atoms with Gasteiger partial charge in [0.05, 0.1) is 46.2 Å². The van der Waals surface area contributed by atoms with Crippen LogP contribution in [0.25, 0.3) is 15.8 Å². The number of sulfonamides is 1. The number of nitrogens with zero attached hydrogens (tertiary/aromatic N) is 4. The summed E-state index contributed by atoms with van der Waals surface area (Å²) in [7, 11) is -2.46. The molecule has 7 atom stereocenters. The van der Waals surface area contributed by atoms with Crippen molar-refractivity contribution in [2.45, 2.75) is 150 Å². The van der Waals surface area contributed by atoms with Gasteiger partial charge in [-0.3, -0.25) is 9.59 Å². The van der Waals surface area contributed by atoms with Crippen molar-refractivity contribution in [3.63, 3.8) is 0 Å². The first-order valence-electron chi connectivity index (χ1n) is 18.9. The van der Waals surface area contributed by atoms with Crippen molar-refractivity contribution in [3.05, 3.63) is 41.3 Å². The van der Waals surface area contributed by atoms with Crippen LogP contribution < -0.4 is 71.5 Å². The molecule has 0 spiro atoms. The molecule has 4 fully saturated rings. The normalized spacial score (nSPS) is 26.4. The molecule has 2 bridgehead atoms. The summed E-state index contributed by atoms with van der Waals surface area (Å²) in [6.07, 6.45) is 5.77. The summed E-state index contributed by atoms with van der Waals surface area (Å²) in [5, 5.41) is 4.87. The standard InChI is InChI=1S/C38H50N6O9S.4CH4.K.3H2S/c1-6-22-19-38(22,35(47)43-54(49,50)25-13-14-25)42-32(45)29-18-24-20-44(29)34(46)31(37(2,3)4)41-36(48)53-30-16-21(30)10-8-7-9-11-27-33(52-24)40-28-17-23(51-5)12-15-26(28)39-27;;;;;;;;/h6,12,15,17,21-22,24-25,29-31H,1,7-11,13-14,16,18-20H2,2-5H3,(H3,41,42,43,45,47,48);4*1H4;;3*1H2/q;;;;;+1;;;/p-1/t21-,22-,24?,29+,30-,31-,38-;;;;;;;;/m1......../s1. The zero-order valence-electron chi connectivity index (χ0n) is 33.7. The number of hydrogen-bond acceptors (Lipinski definition) is 11. The molecule has 20 heteroatoms. The van der Waals surface area contributed by atoms with Crippen LogP contribution in [0.1, 0.15) is 114 Å². The number of methoxy groups -OCH3 is 1. The fourth-order valence-corrected chi connectivity index (χ4v) is 8.85. The predicted octanol–water partition coefficient (Wildman–Crippen LogP) is 3.97. The van der Waals surface area contributed by atoms with Crippen LogP contribution in [0.2, 0.25) is 0 Å². The summed E-state index contributed by atoms with van der Waals surface area (Å²) in [6.45, 7) is 9.14. The Morgan fingerprint density at radius 2 is 1.68 bits per heavy atom. The summed E-state index contributed by atoms with van der Waals surface area (Å²) in [6, 6.07) is 3.17. The monoisotopic (exact) mass is 970 g/mol. The third-order valence-corrected chi connectivity index (χ3v) is 12.9. The number of amides is 4. The second kappa shape index (κ2) is 24.7. The van der Waals surface area contributed by atoms with Gasteiger partial charge in [-0.2, -0.15) is 40.5 Å². The second-order valence-electron chi connectivity index (χ2n) is 16.4. The quantitative estimate of drug-likeness (QED) is 0.301. The van der Waals surface area contributed by atoms with Gasteiger partial charge in [0.2, 0.25) is 17.7 Å². The third-order valence-electron chi connectivity index (χ3n) is 11.2. The molecule has 62 heavy (non-hydrogen) atoms. The molecule has 1 aromatic heterocycles. The fourth-order valence-electron chi connectivity index (χ4n) is 7.58. The molecule has 15 nitrogen and oxygen atoms in total. The number of rotatable bonds is 7. The van der Waals surface area contributed by atoms with E-state index in [1.165, 1.54) is 11.0 Å². The van der Waals surface area contributed by atoms with Gasteiger partial charge in [0.1, 0.15) is 35.7 Å². The number of alkyl carbamates (subject to hydrolysis) is 1. The van der Waals surface area contributed by atoms with Crippen molar-refractivity contribution in [2.24, 2.45) is 17.3 Å². The van der Waals surface area contributed by atoms with Gasteiger partial charge in [-0.1, -0.05) is 69.4 Å². The fraction of sp³-hybridized carbons (Fsp3) is 0.667. The first-order chi connectivity index (χ1) is 25.6. The van der Waals surface area contributed by atoms with Gasteiger partial charge in [0.25, 0.3) is 0 Å². The van der Waals surface area contributed by atoms with Gasteiger partial charge < -0.3 is 39.3 Å². The van der Waals surface area contributed by atoms with E-state index in [1.54, 1.807) is 33.9 Å². The smallest absolute Gasteiger partial charge is 0.544 e. The maximum absolute atomic E-state index is 14.6. The van der Waals surface area contributed by atoms with Gasteiger partial charge in [0.15, 0.2) is 0 Å². The predicted molar refractivity (Wildman–Crippen MR) is 255 cm³/mol. The van der Waals surface area contributed by atoms with E-state index < -0.39 is 74.1 Å².